The number of hydrogen-bond acceptors (Lipinski definition) is 4. The highest BCUT2D eigenvalue weighted by Gasteiger charge is 2.29. The van der Waals surface area contributed by atoms with Crippen LogP contribution < -0.4 is 5.32 Å². The second kappa shape index (κ2) is 4.38. The normalized spacial score (nSPS) is 24.2. The first-order chi connectivity index (χ1) is 8.75. The highest BCUT2D eigenvalue weighted by molar-refractivity contribution is 5.70. The Morgan fingerprint density at radius 2 is 2.44 bits per heavy atom. The molecule has 0 aliphatic carbocycles. The van der Waals surface area contributed by atoms with Crippen molar-refractivity contribution in [2.45, 2.75) is 18.9 Å². The van der Waals surface area contributed by atoms with Crippen molar-refractivity contribution in [1.82, 2.24) is 19.9 Å². The number of nitrogens with zero attached hydrogens (tertiary/aromatic N) is 3. The van der Waals surface area contributed by atoms with Crippen LogP contribution in [0, 0.1) is 5.92 Å². The lowest BCUT2D eigenvalue weighted by Crippen LogP contribution is -2.36. The minimum atomic E-state index is -0.727. The quantitative estimate of drug-likeness (QED) is 0.821. The van der Waals surface area contributed by atoms with E-state index >= 15 is 0 Å². The van der Waals surface area contributed by atoms with E-state index < -0.39 is 5.97 Å². The number of fused-ring (bicyclic) bond motifs is 1. The fourth-order valence-corrected chi connectivity index (χ4v) is 2.44. The topological polar surface area (TPSA) is 79.5 Å². The average molecular weight is 246 g/mol. The molecule has 1 aliphatic heterocycles. The molecule has 3 heterocycles. The molecular weight excluding hydrogens is 232 g/mol. The largest absolute Gasteiger partial charge is 0.481 e. The maximum absolute atomic E-state index is 11.1. The third-order valence-corrected chi connectivity index (χ3v) is 3.39. The van der Waals surface area contributed by atoms with Crippen LogP contribution >= 0.6 is 0 Å². The number of piperidine rings is 1. The molecule has 2 atom stereocenters. The third-order valence-electron chi connectivity index (χ3n) is 3.39. The Morgan fingerprint density at radius 3 is 3.28 bits per heavy atom. The number of aliphatic carboxylic acids is 1. The van der Waals surface area contributed by atoms with E-state index in [0.29, 0.717) is 19.4 Å². The van der Waals surface area contributed by atoms with Gasteiger partial charge in [-0.2, -0.15) is 5.10 Å². The van der Waals surface area contributed by atoms with Gasteiger partial charge in [0.05, 0.1) is 23.7 Å². The van der Waals surface area contributed by atoms with Crippen molar-refractivity contribution >= 4 is 11.5 Å². The first kappa shape index (κ1) is 11.2. The average Bonchev–Trinajstić information content (AvgIpc) is 2.82. The summed E-state index contributed by atoms with van der Waals surface area (Å²) >= 11 is 0. The molecule has 18 heavy (non-hydrogen) atoms. The van der Waals surface area contributed by atoms with E-state index in [1.807, 2.05) is 12.1 Å². The van der Waals surface area contributed by atoms with Crippen molar-refractivity contribution in [3.8, 4) is 0 Å². The highest BCUT2D eigenvalue weighted by Crippen LogP contribution is 2.26. The molecule has 6 heteroatoms. The van der Waals surface area contributed by atoms with Crippen molar-refractivity contribution in [3.05, 3.63) is 30.4 Å². The van der Waals surface area contributed by atoms with Gasteiger partial charge in [0.25, 0.3) is 0 Å². The summed E-state index contributed by atoms with van der Waals surface area (Å²) in [6.45, 7) is 0.698. The van der Waals surface area contributed by atoms with Crippen molar-refractivity contribution in [2.24, 2.45) is 5.92 Å². The molecule has 0 radical (unpaired) electrons. The molecule has 2 N–H and O–H groups in total. The van der Waals surface area contributed by atoms with Crippen LogP contribution in [-0.2, 0) is 4.79 Å². The zero-order valence-corrected chi connectivity index (χ0v) is 9.78. The van der Waals surface area contributed by atoms with Gasteiger partial charge in [-0.1, -0.05) is 0 Å². The van der Waals surface area contributed by atoms with Gasteiger partial charge in [-0.05, 0) is 31.5 Å². The summed E-state index contributed by atoms with van der Waals surface area (Å²) in [5.41, 5.74) is 0.923. The van der Waals surface area contributed by atoms with Crippen LogP contribution in [0.15, 0.2) is 24.5 Å². The Morgan fingerprint density at radius 1 is 1.56 bits per heavy atom. The molecule has 2 unspecified atom stereocenters. The smallest absolute Gasteiger partial charge is 0.306 e. The second-order valence-electron chi connectivity index (χ2n) is 4.54. The zero-order chi connectivity index (χ0) is 12.5. The van der Waals surface area contributed by atoms with E-state index in [9.17, 15) is 4.79 Å². The van der Waals surface area contributed by atoms with Crippen LogP contribution in [0.5, 0.6) is 0 Å². The molecule has 2 aromatic heterocycles. The molecular formula is C12H14N4O2. The van der Waals surface area contributed by atoms with E-state index in [0.717, 1.165) is 11.3 Å². The maximum Gasteiger partial charge on any atom is 0.306 e. The van der Waals surface area contributed by atoms with Crippen LogP contribution in [0.1, 0.15) is 24.7 Å². The number of aromatic nitrogens is 3. The first-order valence-corrected chi connectivity index (χ1v) is 6.00. The lowest BCUT2D eigenvalue weighted by atomic mass is 9.92. The number of nitrogens with one attached hydrogen (secondary N) is 1. The fourth-order valence-electron chi connectivity index (χ4n) is 2.44. The number of imidazole rings is 1. The standard InChI is InChI=1S/C12H14N4O2/c17-12(18)8-3-5-13-10(6-8)11-14-7-9-2-1-4-15-16(9)11/h1-2,4,7-8,10,13H,3,5-6H2,(H,17,18). The molecule has 0 spiro atoms. The SMILES string of the molecule is O=C(O)C1CCNC(c2ncc3cccnn23)C1. The predicted octanol–water partition coefficient (Wildman–Crippen LogP) is 0.855. The molecule has 6 nitrogen and oxygen atoms in total. The Bertz CT molecular complexity index is 580. The maximum atomic E-state index is 11.1. The van der Waals surface area contributed by atoms with E-state index in [4.69, 9.17) is 5.11 Å². The number of carboxylic acids is 1. The van der Waals surface area contributed by atoms with Crippen LogP contribution in [0.3, 0.4) is 0 Å². The monoisotopic (exact) mass is 246 g/mol. The summed E-state index contributed by atoms with van der Waals surface area (Å²) in [7, 11) is 0. The Balaban J connectivity index is 1.92. The molecule has 0 bridgehead atoms. The van der Waals surface area contributed by atoms with Gasteiger partial charge in [0.2, 0.25) is 0 Å². The summed E-state index contributed by atoms with van der Waals surface area (Å²) in [5.74, 6) is -0.237. The summed E-state index contributed by atoms with van der Waals surface area (Å²) in [6, 6.07) is 3.74. The summed E-state index contributed by atoms with van der Waals surface area (Å²) < 4.78 is 1.77. The zero-order valence-electron chi connectivity index (χ0n) is 9.78. The number of carboxylic acid groups (broad SMARTS) is 1. The molecule has 1 aliphatic rings. The Labute approximate surface area is 104 Å². The van der Waals surface area contributed by atoms with Crippen molar-refractivity contribution in [1.29, 1.82) is 0 Å². The highest BCUT2D eigenvalue weighted by atomic mass is 16.4. The van der Waals surface area contributed by atoms with Gasteiger partial charge >= 0.3 is 5.97 Å². The lowest BCUT2D eigenvalue weighted by molar-refractivity contribution is -0.143. The number of rotatable bonds is 2. The third kappa shape index (κ3) is 1.84. The molecule has 1 saturated heterocycles. The van der Waals surface area contributed by atoms with Gasteiger partial charge in [0, 0.05) is 6.20 Å². The van der Waals surface area contributed by atoms with Gasteiger partial charge < -0.3 is 10.4 Å². The summed E-state index contributed by atoms with van der Waals surface area (Å²) in [5, 5.41) is 16.7. The Hall–Kier alpha value is -1.95. The second-order valence-corrected chi connectivity index (χ2v) is 4.54. The van der Waals surface area contributed by atoms with Crippen LogP contribution in [-0.4, -0.2) is 32.2 Å². The molecule has 1 fully saturated rings. The van der Waals surface area contributed by atoms with Gasteiger partial charge in [0.1, 0.15) is 5.82 Å². The molecule has 3 rings (SSSR count). The van der Waals surface area contributed by atoms with Crippen molar-refractivity contribution < 1.29 is 9.90 Å². The molecule has 94 valence electrons. The fraction of sp³-hybridized carbons (Fsp3) is 0.417. The van der Waals surface area contributed by atoms with E-state index in [-0.39, 0.29) is 12.0 Å². The van der Waals surface area contributed by atoms with Crippen LogP contribution in [0.4, 0.5) is 0 Å². The van der Waals surface area contributed by atoms with E-state index in [2.05, 4.69) is 15.4 Å². The number of hydrogen-bond donors (Lipinski definition) is 2. The van der Waals surface area contributed by atoms with Crippen LogP contribution in [0.2, 0.25) is 0 Å². The first-order valence-electron chi connectivity index (χ1n) is 6.00. The Kier molecular flexibility index (Phi) is 2.71. The minimum absolute atomic E-state index is 0.0442. The molecule has 0 saturated carbocycles. The molecule has 0 aromatic carbocycles. The van der Waals surface area contributed by atoms with Crippen molar-refractivity contribution in [2.75, 3.05) is 6.54 Å². The molecule has 2 aromatic rings. The van der Waals surface area contributed by atoms with Gasteiger partial charge in [-0.3, -0.25) is 4.79 Å². The van der Waals surface area contributed by atoms with Gasteiger partial charge in [-0.15, -0.1) is 0 Å². The molecule has 0 amide bonds. The van der Waals surface area contributed by atoms with Crippen LogP contribution in [0.25, 0.3) is 5.52 Å². The minimum Gasteiger partial charge on any atom is -0.481 e. The van der Waals surface area contributed by atoms with E-state index in [1.54, 1.807) is 16.9 Å². The van der Waals surface area contributed by atoms with E-state index in [1.165, 1.54) is 0 Å². The summed E-state index contributed by atoms with van der Waals surface area (Å²) in [4.78, 5) is 15.4. The summed E-state index contributed by atoms with van der Waals surface area (Å²) in [6.07, 6.45) is 4.69. The van der Waals surface area contributed by atoms with Gasteiger partial charge in [-0.25, -0.2) is 9.50 Å². The van der Waals surface area contributed by atoms with Crippen molar-refractivity contribution in [3.63, 3.8) is 0 Å². The number of carbonyl (C=O) groups is 1. The predicted molar refractivity (Wildman–Crippen MR) is 64.1 cm³/mol. The van der Waals surface area contributed by atoms with Gasteiger partial charge in [0.15, 0.2) is 0 Å². The lowest BCUT2D eigenvalue weighted by Gasteiger charge is -2.26.